The van der Waals surface area contributed by atoms with E-state index in [4.69, 9.17) is 0 Å². The van der Waals surface area contributed by atoms with Crippen LogP contribution >= 0.6 is 0 Å². The smallest absolute Gasteiger partial charge is 1.00 e. The van der Waals surface area contributed by atoms with E-state index < -0.39 is 31.3 Å². The van der Waals surface area contributed by atoms with E-state index in [1.54, 1.807) is 55.7 Å². The predicted molar refractivity (Wildman–Crippen MR) is 157 cm³/mol. The number of benzene rings is 2. The van der Waals surface area contributed by atoms with E-state index in [1.165, 1.54) is 0 Å². The van der Waals surface area contributed by atoms with E-state index in [2.05, 4.69) is 107 Å². The van der Waals surface area contributed by atoms with Crippen LogP contribution in [0.3, 0.4) is 0 Å². The second kappa shape index (κ2) is 11.1. The van der Waals surface area contributed by atoms with Crippen molar-refractivity contribution in [3.05, 3.63) is 79.9 Å². The number of fused-ring (bicyclic) bond motifs is 8. The second-order valence-electron chi connectivity index (χ2n) is 13.5. The molecule has 2 unspecified atom stereocenters. The Bertz CT molecular complexity index is 1230. The maximum Gasteiger partial charge on any atom is -1.00 e. The molecule has 4 heteroatoms. The number of hydrogen-bond donors (Lipinski definition) is 0. The molecule has 0 aromatic heterocycles. The van der Waals surface area contributed by atoms with Gasteiger partial charge in [-0.05, 0) is 0 Å². The largest absolute Gasteiger partial charge is 1.00 e. The molecule has 1 heterocycles. The van der Waals surface area contributed by atoms with Gasteiger partial charge >= 0.3 is 235 Å². The Labute approximate surface area is 258 Å². The summed E-state index contributed by atoms with van der Waals surface area (Å²) in [6.07, 6.45) is 0. The predicted octanol–water partition coefficient (Wildman–Crippen LogP) is 4.43. The first-order valence-electron chi connectivity index (χ1n) is 14.3. The summed E-state index contributed by atoms with van der Waals surface area (Å²) in [5.41, 5.74) is 16.9. The maximum atomic E-state index is 2.71. The van der Waals surface area contributed by atoms with Gasteiger partial charge in [0.1, 0.15) is 0 Å². The zero-order chi connectivity index (χ0) is 26.4. The molecule has 38 heavy (non-hydrogen) atoms. The number of halogens is 2. The van der Waals surface area contributed by atoms with E-state index >= 15 is 0 Å². The normalized spacial score (nSPS) is 20.6. The molecule has 0 saturated carbocycles. The van der Waals surface area contributed by atoms with Crippen LogP contribution in [-0.4, -0.2) is 8.07 Å². The Hall–Kier alpha value is -0.400. The molecule has 2 aromatic carbocycles. The second-order valence-corrected chi connectivity index (χ2v) is 21.4. The molecule has 1 aliphatic heterocycles. The van der Waals surface area contributed by atoms with Gasteiger partial charge in [0.2, 0.25) is 0 Å². The van der Waals surface area contributed by atoms with Crippen LogP contribution < -0.4 is 24.8 Å². The van der Waals surface area contributed by atoms with Gasteiger partial charge in [-0.3, -0.25) is 0 Å². The molecular formula is C34H46Cl2SiZr. The minimum absolute atomic E-state index is 0. The first-order chi connectivity index (χ1) is 16.8. The number of rotatable bonds is 4. The van der Waals surface area contributed by atoms with E-state index in [0.717, 1.165) is 7.25 Å². The molecule has 2 aliphatic carbocycles. The minimum atomic E-state index is -1.96. The van der Waals surface area contributed by atoms with Crippen LogP contribution in [0.1, 0.15) is 145 Å². The van der Waals surface area contributed by atoms with Crippen molar-refractivity contribution in [2.75, 3.05) is 0 Å². The molecule has 0 saturated heterocycles. The van der Waals surface area contributed by atoms with Gasteiger partial charge in [0, 0.05) is 0 Å². The summed E-state index contributed by atoms with van der Waals surface area (Å²) in [7, 11) is -1.96. The molecule has 0 amide bonds. The molecular weight excluding hydrogens is 599 g/mol. The zero-order valence-corrected chi connectivity index (χ0v) is 30.5. The Balaban J connectivity index is 0.00000200. The first kappa shape index (κ1) is 32.1. The van der Waals surface area contributed by atoms with Crippen LogP contribution in [0.5, 0.6) is 0 Å². The standard InChI is InChI=1S/C34H46Si.2ClH.Zr/c1-19(2)27-15-13-25-17-23(9)33(31(25)29(27)21(5)6)35(11,12)34-24(10)18-26-14-16-28(20(3)4)30(22(7)8)32(26)34;;;/h13-22H,1-12H3;2*1H;/q;;;+2/p-2. The molecule has 0 spiro atoms. The fraction of sp³-hybridized carbons (Fsp3) is 0.529. The average Bonchev–Trinajstić information content (AvgIpc) is 3.24. The summed E-state index contributed by atoms with van der Waals surface area (Å²) in [6, 6.07) is 10.2. The zero-order valence-electron chi connectivity index (χ0n) is 25.5. The van der Waals surface area contributed by atoms with Gasteiger partial charge in [0.25, 0.3) is 0 Å². The summed E-state index contributed by atoms with van der Waals surface area (Å²) in [4.78, 5) is 0. The quantitative estimate of drug-likeness (QED) is 0.433. The summed E-state index contributed by atoms with van der Waals surface area (Å²) < 4.78 is 1.45. The molecule has 5 rings (SSSR count). The molecule has 0 N–H and O–H groups in total. The first-order valence-corrected chi connectivity index (χ1v) is 20.2. The third-order valence-corrected chi connectivity index (χ3v) is 18.5. The van der Waals surface area contributed by atoms with Gasteiger partial charge in [-0.15, -0.1) is 0 Å². The fourth-order valence-electron chi connectivity index (χ4n) is 8.08. The van der Waals surface area contributed by atoms with Crippen molar-refractivity contribution in [2.24, 2.45) is 0 Å². The van der Waals surface area contributed by atoms with Gasteiger partial charge < -0.3 is 24.8 Å². The third kappa shape index (κ3) is 4.47. The van der Waals surface area contributed by atoms with Crippen LogP contribution in [0.25, 0.3) is 10.4 Å². The van der Waals surface area contributed by atoms with E-state index in [1.807, 2.05) is 10.4 Å². The van der Waals surface area contributed by atoms with E-state index in [0.29, 0.717) is 23.7 Å². The molecule has 2 atom stereocenters. The molecule has 4 bridgehead atoms. The van der Waals surface area contributed by atoms with Crippen molar-refractivity contribution >= 4 is 18.5 Å². The van der Waals surface area contributed by atoms with Crippen molar-refractivity contribution in [3.8, 4) is 0 Å². The van der Waals surface area contributed by atoms with Gasteiger partial charge in [-0.25, -0.2) is 0 Å². The minimum Gasteiger partial charge on any atom is -1.00 e. The SMILES string of the molecule is CC1=C2c3c(ccc(C(C)C)c3C(C)C)[CH]1[Zr+2][CH]1C(C)=C(c3c1ccc(C(C)C)c3C(C)C)[Si]2(C)C.[Cl-].[Cl-]. The van der Waals surface area contributed by atoms with Gasteiger partial charge in [-0.2, -0.15) is 0 Å². The van der Waals surface area contributed by atoms with Gasteiger partial charge in [0.15, 0.2) is 0 Å². The van der Waals surface area contributed by atoms with Crippen molar-refractivity contribution in [3.63, 3.8) is 0 Å². The number of allylic oxidation sites excluding steroid dienone is 2. The van der Waals surface area contributed by atoms with Crippen LogP contribution in [-0.2, 0) is 23.2 Å². The molecule has 0 radical (unpaired) electrons. The Morgan fingerprint density at radius 2 is 0.921 bits per heavy atom. The van der Waals surface area contributed by atoms with Crippen molar-refractivity contribution in [1.82, 2.24) is 0 Å². The summed E-state index contributed by atoms with van der Waals surface area (Å²) in [6.45, 7) is 29.8. The van der Waals surface area contributed by atoms with Crippen molar-refractivity contribution < 1.29 is 48.0 Å². The van der Waals surface area contributed by atoms with Crippen LogP contribution in [0.2, 0.25) is 13.1 Å². The van der Waals surface area contributed by atoms with Crippen LogP contribution in [0, 0.1) is 0 Å². The summed E-state index contributed by atoms with van der Waals surface area (Å²) >= 11 is -0.809. The fourth-order valence-corrected chi connectivity index (χ4v) is 17.9. The monoisotopic (exact) mass is 642 g/mol. The molecule has 3 aliphatic rings. The topological polar surface area (TPSA) is 0 Å². The van der Waals surface area contributed by atoms with Crippen molar-refractivity contribution in [1.29, 1.82) is 0 Å². The average molecular weight is 645 g/mol. The van der Waals surface area contributed by atoms with Crippen molar-refractivity contribution in [2.45, 2.75) is 113 Å². The number of hydrogen-bond acceptors (Lipinski definition) is 0. The summed E-state index contributed by atoms with van der Waals surface area (Å²) in [5, 5.41) is 3.64. The van der Waals surface area contributed by atoms with E-state index in [-0.39, 0.29) is 24.8 Å². The Morgan fingerprint density at radius 1 is 0.579 bits per heavy atom. The van der Waals surface area contributed by atoms with Crippen LogP contribution in [0.4, 0.5) is 0 Å². The van der Waals surface area contributed by atoms with Crippen LogP contribution in [0.15, 0.2) is 35.4 Å². The summed E-state index contributed by atoms with van der Waals surface area (Å²) in [5.74, 6) is 2.27. The molecule has 0 fully saturated rings. The maximum absolute atomic E-state index is 2.71. The molecule has 2 aromatic rings. The van der Waals surface area contributed by atoms with E-state index in [9.17, 15) is 0 Å². The van der Waals surface area contributed by atoms with Gasteiger partial charge in [-0.1, -0.05) is 0 Å². The Kier molecular flexibility index (Phi) is 9.39. The Morgan fingerprint density at radius 3 is 1.21 bits per heavy atom. The van der Waals surface area contributed by atoms with Gasteiger partial charge in [0.05, 0.1) is 0 Å². The molecule has 0 nitrogen and oxygen atoms in total. The molecule has 204 valence electrons. The third-order valence-electron chi connectivity index (χ3n) is 9.38.